The summed E-state index contributed by atoms with van der Waals surface area (Å²) < 4.78 is 181. The fraction of sp³-hybridized carbons (Fsp3) is 0.879. The van der Waals surface area contributed by atoms with E-state index in [-0.39, 0.29) is 103 Å². The smallest absolute Gasteiger partial charge is 0.726 e. The summed E-state index contributed by atoms with van der Waals surface area (Å²) in [6, 6.07) is 0. The van der Waals surface area contributed by atoms with E-state index in [1.807, 2.05) is 6.92 Å². The van der Waals surface area contributed by atoms with Crippen LogP contribution in [0.15, 0.2) is 49.1 Å². The molecular formula is C66H98Na2O29S2. The molecule has 99 heavy (non-hydrogen) atoms. The van der Waals surface area contributed by atoms with Crippen LogP contribution in [0.3, 0.4) is 0 Å². The summed E-state index contributed by atoms with van der Waals surface area (Å²) in [6.07, 6.45) is -12.7. The first-order valence-electron chi connectivity index (χ1n) is 34.5. The van der Waals surface area contributed by atoms with Crippen LogP contribution in [0, 0.1) is 5.92 Å². The molecule has 13 heterocycles. The fourth-order valence-corrected chi connectivity index (χ4v) is 18.9. The first kappa shape index (κ1) is 79.9. The van der Waals surface area contributed by atoms with Crippen molar-refractivity contribution in [1.29, 1.82) is 0 Å². The maximum Gasteiger partial charge on any atom is 1.00 e. The molecule has 29 nitrogen and oxygen atoms in total. The molecule has 0 aromatic heterocycles. The van der Waals surface area contributed by atoms with Gasteiger partial charge in [0, 0.05) is 44.9 Å². The van der Waals surface area contributed by atoms with Crippen LogP contribution < -0.4 is 59.1 Å². The summed E-state index contributed by atoms with van der Waals surface area (Å²) in [6.45, 7) is 22.2. The van der Waals surface area contributed by atoms with Crippen LogP contribution in [0.5, 0.6) is 0 Å². The Bertz CT molecular complexity index is 3140. The van der Waals surface area contributed by atoms with Crippen LogP contribution >= 0.6 is 0 Å². The molecule has 13 rings (SSSR count). The molecule has 0 aliphatic carbocycles. The number of ether oxygens (including phenoxy) is 15. The number of allylic oxidation sites excluding steroid dienone is 3. The molecule has 13 saturated heterocycles. The summed E-state index contributed by atoms with van der Waals surface area (Å²) in [4.78, 5) is 0. The minimum atomic E-state index is -5.21. The van der Waals surface area contributed by atoms with Crippen LogP contribution in [0.1, 0.15) is 138 Å². The third kappa shape index (κ3) is 16.4. The molecule has 33 heteroatoms. The number of hydrogen-bond acceptors (Lipinski definition) is 29. The Morgan fingerprint density at radius 1 is 0.657 bits per heavy atom. The number of hydrogen-bond donors (Lipinski definition) is 6. The molecule has 0 amide bonds. The molecule has 13 fully saturated rings. The van der Waals surface area contributed by atoms with Gasteiger partial charge in [0.25, 0.3) is 0 Å². The average molecular weight is 1470 g/mol. The molecule has 0 bridgehead atoms. The number of fused-ring (bicyclic) bond motifs is 10. The largest absolute Gasteiger partial charge is 1.00 e. The predicted molar refractivity (Wildman–Crippen MR) is 330 cm³/mol. The Kier molecular flexibility index (Phi) is 24.8. The van der Waals surface area contributed by atoms with Gasteiger partial charge in [0.2, 0.25) is 20.8 Å². The van der Waals surface area contributed by atoms with E-state index in [2.05, 4.69) is 44.7 Å². The Labute approximate surface area is 623 Å². The second-order valence-electron chi connectivity index (χ2n) is 30.5. The van der Waals surface area contributed by atoms with Crippen molar-refractivity contribution in [3.05, 3.63) is 49.1 Å². The summed E-state index contributed by atoms with van der Waals surface area (Å²) >= 11 is 0. The molecule has 34 atom stereocenters. The van der Waals surface area contributed by atoms with Crippen molar-refractivity contribution >= 4 is 20.8 Å². The van der Waals surface area contributed by atoms with Gasteiger partial charge in [-0.3, -0.25) is 8.37 Å². The van der Waals surface area contributed by atoms with Gasteiger partial charge in [0.15, 0.2) is 12.6 Å². The zero-order valence-electron chi connectivity index (χ0n) is 57.7. The fourth-order valence-electron chi connectivity index (χ4n) is 18.0. The first-order valence-corrected chi connectivity index (χ1v) is 37.2. The maximum absolute atomic E-state index is 12.0. The summed E-state index contributed by atoms with van der Waals surface area (Å²) in [7, 11) is -10.2. The third-order valence-corrected chi connectivity index (χ3v) is 24.3. The summed E-state index contributed by atoms with van der Waals surface area (Å²) in [5.41, 5.74) is -4.38. The Morgan fingerprint density at radius 3 is 1.87 bits per heavy atom. The van der Waals surface area contributed by atoms with Gasteiger partial charge in [0.05, 0.1) is 134 Å². The van der Waals surface area contributed by atoms with Gasteiger partial charge < -0.3 is 111 Å². The maximum atomic E-state index is 12.0. The number of aliphatic hydroxyl groups is 6. The zero-order chi connectivity index (χ0) is 69.3. The van der Waals surface area contributed by atoms with E-state index in [1.165, 1.54) is 0 Å². The van der Waals surface area contributed by atoms with Gasteiger partial charge in [-0.2, -0.15) is 0 Å². The predicted octanol–water partition coefficient (Wildman–Crippen LogP) is -4.30. The molecular weight excluding hydrogens is 1370 g/mol. The van der Waals surface area contributed by atoms with E-state index in [4.69, 9.17) is 75.2 Å². The van der Waals surface area contributed by atoms with Crippen molar-refractivity contribution in [2.75, 3.05) is 19.8 Å². The third-order valence-electron chi connectivity index (χ3n) is 23.3. The topological polar surface area (TPSA) is 393 Å². The molecule has 0 aromatic carbocycles. The average Bonchev–Trinajstić information content (AvgIpc) is 1.63. The summed E-state index contributed by atoms with van der Waals surface area (Å²) in [5.74, 6) is -0.0997. The normalized spacial score (nSPS) is 50.1. The minimum absolute atomic E-state index is 0. The van der Waals surface area contributed by atoms with Crippen LogP contribution in [0.4, 0.5) is 0 Å². The van der Waals surface area contributed by atoms with Crippen LogP contribution in [-0.4, -0.2) is 276 Å². The van der Waals surface area contributed by atoms with Crippen molar-refractivity contribution in [2.24, 2.45) is 5.92 Å². The first-order chi connectivity index (χ1) is 45.7. The molecule has 0 spiro atoms. The van der Waals surface area contributed by atoms with Crippen molar-refractivity contribution < 1.29 is 195 Å². The molecule has 0 radical (unpaired) electrons. The van der Waals surface area contributed by atoms with Crippen molar-refractivity contribution in [2.45, 2.75) is 337 Å². The second-order valence-corrected chi connectivity index (χ2v) is 32.6. The Hall–Kier alpha value is -0.140. The van der Waals surface area contributed by atoms with E-state index in [0.29, 0.717) is 76.2 Å². The zero-order valence-corrected chi connectivity index (χ0v) is 63.3. The van der Waals surface area contributed by atoms with Crippen LogP contribution in [0.2, 0.25) is 0 Å². The van der Waals surface area contributed by atoms with E-state index in [0.717, 1.165) is 5.57 Å². The van der Waals surface area contributed by atoms with Gasteiger partial charge in [-0.05, 0) is 97.5 Å². The minimum Gasteiger partial charge on any atom is -0.726 e. The second kappa shape index (κ2) is 30.7. The van der Waals surface area contributed by atoms with Gasteiger partial charge in [0.1, 0.15) is 72.2 Å². The molecule has 0 aromatic rings. The number of aliphatic hydroxyl groups excluding tert-OH is 5. The quantitative estimate of drug-likeness (QED) is 0.0189. The van der Waals surface area contributed by atoms with Crippen molar-refractivity contribution in [3.8, 4) is 0 Å². The van der Waals surface area contributed by atoms with Gasteiger partial charge in [-0.25, -0.2) is 16.8 Å². The molecule has 6 N–H and O–H groups in total. The van der Waals surface area contributed by atoms with E-state index in [9.17, 15) is 56.6 Å². The van der Waals surface area contributed by atoms with Crippen molar-refractivity contribution in [3.63, 3.8) is 0 Å². The molecule has 13 aliphatic rings. The van der Waals surface area contributed by atoms with Gasteiger partial charge >= 0.3 is 59.1 Å². The van der Waals surface area contributed by atoms with Crippen LogP contribution in [0.25, 0.3) is 0 Å². The monoisotopic (exact) mass is 1460 g/mol. The molecule has 13 aliphatic heterocycles. The van der Waals surface area contributed by atoms with E-state index >= 15 is 0 Å². The SMILES string of the molecule is C=CCC(=C)/C=C/[C@@](C)(O)[C@@H]1O[C@@H]2C[C@@H]3O[C@@H]4C[C@@H]5O[C@@H]6C[C@@H]7O[C@@H]8C[C@@H]9O[C@@H]%10C[C@@H]%11O[C@](C)(CCCOS(=O)(=O)[O-])[C@@H](OS(=O)(=O)[O-])C[C@H]%11O[C@H]%10C[C@H]9O[C@H]8CC[C@@]7(C)O[C@@]6(C)CC[C@H](C)[C@H]5O[C@H]4[C@@H](O[C@H]4O[C@@H](CO[C@H]5O[C@@H](CO)[C@H](O)[C@H]5O)[C@H](O)[C@H]4O)[C@@]3(C)O[C@H]2CC1=C.[Na+].[Na+]. The molecule has 550 valence electrons. The van der Waals surface area contributed by atoms with Crippen molar-refractivity contribution in [1.82, 2.24) is 0 Å². The summed E-state index contributed by atoms with van der Waals surface area (Å²) in [5, 5.41) is 65.8. The Balaban J connectivity index is 0.00000495. The standard InChI is InChI=1S/C66H100O29S2.2Na/c1-10-12-31(2)13-17-62(5,72)58-33(4)21-42-41(87-58)27-51-66(9,93-42)59(91-61-55(71)53(69)47(89-61)30-79-60-54(70)52(68)46(29-67)88-60)57-45(86-51)25-44-56(90-57)32(3)14-18-64(7)49(85-44)28-48-65(8,95-64)19-15-34-35(84-48)22-37-36(81-34)23-38-39(82-37)24-43-40(83-38)26-50(94-97(76,77)78)63(6,92-43)16-11-20-80-96(73,74)75;;/h10,13,17,32,34-61,67-72H,1-2,4,11-12,14-16,18-30H2,3,5-9H3,(H,73,74,75)(H,76,77,78);;/q;2*+1/p-2/b17-13+;;/t32-,34-,35+,36+,37-,38-,39+,40+,41+,42-,43-,44-,45+,46-,47-,48-,49+,50-,51-,52-,53-,54+,55+,56+,57+,58+,59+,60-,61+,62+,63+,64-,65+,66-;;/m0../s1. The number of rotatable bonds is 18. The van der Waals surface area contributed by atoms with E-state index in [1.54, 1.807) is 32.1 Å². The molecule has 0 unspecified atom stereocenters. The molecule has 0 saturated carbocycles. The van der Waals surface area contributed by atoms with E-state index < -0.39 is 228 Å². The van der Waals surface area contributed by atoms with Crippen LogP contribution in [-0.2, 0) is 100 Å². The Morgan fingerprint density at radius 2 is 1.22 bits per heavy atom. The van der Waals surface area contributed by atoms with Gasteiger partial charge in [-0.1, -0.05) is 43.9 Å². The van der Waals surface area contributed by atoms with Gasteiger partial charge in [-0.15, -0.1) is 6.58 Å².